The van der Waals surface area contributed by atoms with Gasteiger partial charge in [-0.25, -0.2) is 0 Å². The van der Waals surface area contributed by atoms with Gasteiger partial charge in [0.15, 0.2) is 0 Å². The molecule has 1 N–H and O–H groups in total. The highest BCUT2D eigenvalue weighted by atomic mass is 16.5. The van der Waals surface area contributed by atoms with E-state index in [0.29, 0.717) is 19.2 Å². The SMILES string of the molecule is COCCn1cc(NC2CCOC2)ccc1=O. The third kappa shape index (κ3) is 3.31. The van der Waals surface area contributed by atoms with Crippen LogP contribution in [0.15, 0.2) is 23.1 Å². The Bertz CT molecular complexity index is 410. The van der Waals surface area contributed by atoms with Crippen molar-refractivity contribution in [2.75, 3.05) is 32.2 Å². The van der Waals surface area contributed by atoms with E-state index in [4.69, 9.17) is 9.47 Å². The fourth-order valence-electron chi connectivity index (χ4n) is 1.87. The third-order valence-corrected chi connectivity index (χ3v) is 2.82. The van der Waals surface area contributed by atoms with Crippen molar-refractivity contribution in [1.82, 2.24) is 4.57 Å². The van der Waals surface area contributed by atoms with Gasteiger partial charge in [0.1, 0.15) is 0 Å². The fourth-order valence-corrected chi connectivity index (χ4v) is 1.87. The average Bonchev–Trinajstić information content (AvgIpc) is 2.82. The summed E-state index contributed by atoms with van der Waals surface area (Å²) in [4.78, 5) is 11.6. The van der Waals surface area contributed by atoms with Crippen LogP contribution in [-0.2, 0) is 16.0 Å². The van der Waals surface area contributed by atoms with Crippen molar-refractivity contribution in [2.45, 2.75) is 19.0 Å². The molecule has 17 heavy (non-hydrogen) atoms. The van der Waals surface area contributed by atoms with Gasteiger partial charge in [0.05, 0.1) is 24.9 Å². The maximum absolute atomic E-state index is 11.6. The summed E-state index contributed by atoms with van der Waals surface area (Å²) in [6, 6.07) is 3.74. The number of methoxy groups -OCH3 is 1. The van der Waals surface area contributed by atoms with E-state index in [2.05, 4.69) is 5.32 Å². The van der Waals surface area contributed by atoms with E-state index >= 15 is 0 Å². The van der Waals surface area contributed by atoms with Gasteiger partial charge in [-0.1, -0.05) is 0 Å². The van der Waals surface area contributed by atoms with E-state index in [1.807, 2.05) is 12.3 Å². The minimum Gasteiger partial charge on any atom is -0.383 e. The van der Waals surface area contributed by atoms with E-state index in [1.165, 1.54) is 0 Å². The van der Waals surface area contributed by atoms with Gasteiger partial charge < -0.3 is 19.4 Å². The summed E-state index contributed by atoms with van der Waals surface area (Å²) in [5.41, 5.74) is 0.950. The Hall–Kier alpha value is -1.33. The zero-order valence-corrected chi connectivity index (χ0v) is 10.0. The van der Waals surface area contributed by atoms with E-state index in [9.17, 15) is 4.79 Å². The first kappa shape index (κ1) is 12.1. The molecule has 5 heteroatoms. The summed E-state index contributed by atoms with van der Waals surface area (Å²) in [6.07, 6.45) is 2.84. The summed E-state index contributed by atoms with van der Waals surface area (Å²) in [5.74, 6) is 0. The van der Waals surface area contributed by atoms with Gasteiger partial charge in [-0.15, -0.1) is 0 Å². The number of rotatable bonds is 5. The van der Waals surface area contributed by atoms with Crippen molar-refractivity contribution in [3.63, 3.8) is 0 Å². The number of hydrogen-bond donors (Lipinski definition) is 1. The summed E-state index contributed by atoms with van der Waals surface area (Å²) in [6.45, 7) is 2.65. The number of pyridine rings is 1. The highest BCUT2D eigenvalue weighted by molar-refractivity contribution is 5.41. The van der Waals surface area contributed by atoms with Crippen molar-refractivity contribution in [3.05, 3.63) is 28.7 Å². The lowest BCUT2D eigenvalue weighted by Gasteiger charge is -2.13. The van der Waals surface area contributed by atoms with Crippen LogP contribution >= 0.6 is 0 Å². The number of anilines is 1. The second-order valence-corrected chi connectivity index (χ2v) is 4.15. The number of ether oxygens (including phenoxy) is 2. The fraction of sp³-hybridized carbons (Fsp3) is 0.583. The van der Waals surface area contributed by atoms with Crippen LogP contribution < -0.4 is 10.9 Å². The molecule has 1 aliphatic rings. The van der Waals surface area contributed by atoms with Crippen LogP contribution in [0.3, 0.4) is 0 Å². The maximum Gasteiger partial charge on any atom is 0.250 e. The van der Waals surface area contributed by atoms with Crippen LogP contribution in [0, 0.1) is 0 Å². The molecule has 1 aromatic rings. The van der Waals surface area contributed by atoms with Gasteiger partial charge >= 0.3 is 0 Å². The molecule has 1 atom stereocenters. The molecule has 0 aliphatic carbocycles. The molecule has 5 nitrogen and oxygen atoms in total. The molecule has 1 aromatic heterocycles. The molecule has 1 fully saturated rings. The lowest BCUT2D eigenvalue weighted by molar-refractivity contribution is 0.186. The summed E-state index contributed by atoms with van der Waals surface area (Å²) in [7, 11) is 1.63. The van der Waals surface area contributed by atoms with Gasteiger partial charge in [0, 0.05) is 32.5 Å². The Kier molecular flexibility index (Phi) is 4.17. The average molecular weight is 238 g/mol. The molecule has 0 saturated carbocycles. The second kappa shape index (κ2) is 5.84. The third-order valence-electron chi connectivity index (χ3n) is 2.82. The molecule has 94 valence electrons. The second-order valence-electron chi connectivity index (χ2n) is 4.15. The van der Waals surface area contributed by atoms with Crippen molar-refractivity contribution < 1.29 is 9.47 Å². The zero-order chi connectivity index (χ0) is 12.1. The van der Waals surface area contributed by atoms with E-state index in [0.717, 1.165) is 25.3 Å². The van der Waals surface area contributed by atoms with Crippen molar-refractivity contribution in [1.29, 1.82) is 0 Å². The highest BCUT2D eigenvalue weighted by Gasteiger charge is 2.15. The zero-order valence-electron chi connectivity index (χ0n) is 10.0. The molecular weight excluding hydrogens is 220 g/mol. The Balaban J connectivity index is 2.04. The van der Waals surface area contributed by atoms with Crippen molar-refractivity contribution in [2.24, 2.45) is 0 Å². The lowest BCUT2D eigenvalue weighted by Crippen LogP contribution is -2.24. The number of aromatic nitrogens is 1. The van der Waals surface area contributed by atoms with Crippen molar-refractivity contribution >= 4 is 5.69 Å². The highest BCUT2D eigenvalue weighted by Crippen LogP contribution is 2.12. The molecule has 1 saturated heterocycles. The van der Waals surface area contributed by atoms with Crippen LogP contribution in [0.1, 0.15) is 6.42 Å². The van der Waals surface area contributed by atoms with E-state index < -0.39 is 0 Å². The standard InChI is InChI=1S/C12H18N2O3/c1-16-7-5-14-8-10(2-3-12(14)15)13-11-4-6-17-9-11/h2-3,8,11,13H,4-7,9H2,1H3. The van der Waals surface area contributed by atoms with E-state index in [1.54, 1.807) is 17.7 Å². The normalized spacial score (nSPS) is 19.5. The van der Waals surface area contributed by atoms with Gasteiger partial charge in [-0.3, -0.25) is 4.79 Å². The lowest BCUT2D eigenvalue weighted by atomic mass is 10.2. The molecule has 2 heterocycles. The number of nitrogens with one attached hydrogen (secondary N) is 1. The molecule has 0 aromatic carbocycles. The van der Waals surface area contributed by atoms with Gasteiger partial charge in [-0.05, 0) is 12.5 Å². The number of hydrogen-bond acceptors (Lipinski definition) is 4. The van der Waals surface area contributed by atoms with E-state index in [-0.39, 0.29) is 5.56 Å². The first-order valence-corrected chi connectivity index (χ1v) is 5.83. The largest absolute Gasteiger partial charge is 0.383 e. The Morgan fingerprint density at radius 3 is 3.18 bits per heavy atom. The Morgan fingerprint density at radius 2 is 2.47 bits per heavy atom. The summed E-state index contributed by atoms with van der Waals surface area (Å²) in [5, 5.41) is 3.36. The molecule has 0 spiro atoms. The maximum atomic E-state index is 11.6. The quantitative estimate of drug-likeness (QED) is 0.820. The van der Waals surface area contributed by atoms with Crippen LogP contribution in [-0.4, -0.2) is 37.5 Å². The molecule has 2 rings (SSSR count). The monoisotopic (exact) mass is 238 g/mol. The van der Waals surface area contributed by atoms with Crippen LogP contribution in [0.2, 0.25) is 0 Å². The molecular formula is C12H18N2O3. The minimum absolute atomic E-state index is 0.00438. The first-order chi connectivity index (χ1) is 8.29. The molecule has 0 bridgehead atoms. The van der Waals surface area contributed by atoms with Gasteiger partial charge in [0.25, 0.3) is 5.56 Å². The molecule has 1 aliphatic heterocycles. The van der Waals surface area contributed by atoms with Crippen molar-refractivity contribution in [3.8, 4) is 0 Å². The molecule has 0 radical (unpaired) electrons. The van der Waals surface area contributed by atoms with Gasteiger partial charge in [-0.2, -0.15) is 0 Å². The minimum atomic E-state index is -0.00438. The predicted octanol–water partition coefficient (Wildman–Crippen LogP) is 0.696. The summed E-state index contributed by atoms with van der Waals surface area (Å²) >= 11 is 0. The predicted molar refractivity (Wildman–Crippen MR) is 65.4 cm³/mol. The Labute approximate surface area is 100 Å². The Morgan fingerprint density at radius 1 is 1.59 bits per heavy atom. The summed E-state index contributed by atoms with van der Waals surface area (Å²) < 4.78 is 11.9. The van der Waals surface area contributed by atoms with Crippen LogP contribution in [0.5, 0.6) is 0 Å². The van der Waals surface area contributed by atoms with Gasteiger partial charge in [0.2, 0.25) is 0 Å². The number of nitrogens with zero attached hydrogens (tertiary/aromatic N) is 1. The topological polar surface area (TPSA) is 52.5 Å². The molecule has 0 amide bonds. The van der Waals surface area contributed by atoms with Crippen LogP contribution in [0.4, 0.5) is 5.69 Å². The molecule has 1 unspecified atom stereocenters. The van der Waals surface area contributed by atoms with Crippen LogP contribution in [0.25, 0.3) is 0 Å². The smallest absolute Gasteiger partial charge is 0.250 e. The first-order valence-electron chi connectivity index (χ1n) is 5.83.